The second-order valence-corrected chi connectivity index (χ2v) is 35.3. The van der Waals surface area contributed by atoms with Crippen molar-refractivity contribution >= 4 is 147 Å². The van der Waals surface area contributed by atoms with E-state index in [2.05, 4.69) is 32.6 Å². The van der Waals surface area contributed by atoms with Crippen molar-refractivity contribution in [3.63, 3.8) is 0 Å². The van der Waals surface area contributed by atoms with E-state index in [-0.39, 0.29) is 46.2 Å². The molecule has 30 heteroatoms. The molecule has 4 aromatic heterocycles. The van der Waals surface area contributed by atoms with Crippen molar-refractivity contribution in [1.82, 2.24) is 19.8 Å². The van der Waals surface area contributed by atoms with Crippen LogP contribution >= 0.6 is 15.9 Å². The summed E-state index contributed by atoms with van der Waals surface area (Å²) < 4.78 is 163. The molecule has 1 saturated heterocycles. The van der Waals surface area contributed by atoms with Gasteiger partial charge in [-0.3, -0.25) is 26.8 Å². The first-order chi connectivity index (χ1) is 48.9. The summed E-state index contributed by atoms with van der Waals surface area (Å²) >= 11 is 3.48. The molecular formula is C74H70BBrF2N8O14S4. The van der Waals surface area contributed by atoms with Crippen molar-refractivity contribution in [1.29, 1.82) is 0 Å². The Kier molecular flexibility index (Phi) is 18.4. The number of hydrogen-bond donors (Lipinski definition) is 2. The Morgan fingerprint density at radius 2 is 0.904 bits per heavy atom. The van der Waals surface area contributed by atoms with Gasteiger partial charge >= 0.3 is 7.12 Å². The van der Waals surface area contributed by atoms with Gasteiger partial charge in [0.05, 0.1) is 92.5 Å². The first-order valence-electron chi connectivity index (χ1n) is 32.3. The Morgan fingerprint density at radius 3 is 1.35 bits per heavy atom. The molecule has 0 spiro atoms. The minimum Gasteiger partial charge on any atom is -0.455 e. The topological polar surface area (TPSA) is 262 Å². The van der Waals surface area contributed by atoms with E-state index in [1.54, 1.807) is 36.4 Å². The molecule has 0 aliphatic carbocycles. The lowest BCUT2D eigenvalue weighted by molar-refractivity contribution is 0.00578. The summed E-state index contributed by atoms with van der Waals surface area (Å²) in [5.74, 6) is -1.30. The van der Waals surface area contributed by atoms with Gasteiger partial charge in [-0.15, -0.1) is 0 Å². The van der Waals surface area contributed by atoms with E-state index in [1.807, 2.05) is 116 Å². The van der Waals surface area contributed by atoms with Crippen LogP contribution in [0.4, 0.5) is 31.5 Å². The molecule has 8 aromatic carbocycles. The van der Waals surface area contributed by atoms with Gasteiger partial charge in [0.2, 0.25) is 40.1 Å². The van der Waals surface area contributed by atoms with Crippen LogP contribution in [-0.4, -0.2) is 126 Å². The van der Waals surface area contributed by atoms with Crippen LogP contribution in [0.5, 0.6) is 0 Å². The first-order valence-corrected chi connectivity index (χ1v) is 40.5. The Labute approximate surface area is 608 Å². The predicted octanol–water partition coefficient (Wildman–Crippen LogP) is 13.1. The van der Waals surface area contributed by atoms with E-state index in [4.69, 9.17) is 18.1 Å². The maximum atomic E-state index is 13.8. The highest BCUT2D eigenvalue weighted by Gasteiger charge is 2.53. The van der Waals surface area contributed by atoms with E-state index in [0.717, 1.165) is 76.3 Å². The van der Waals surface area contributed by atoms with Crippen molar-refractivity contribution in [2.45, 2.75) is 52.2 Å². The summed E-state index contributed by atoms with van der Waals surface area (Å²) in [5.41, 5.74) is 9.13. The fourth-order valence-electron chi connectivity index (χ4n) is 13.1. The number of nitrogens with one attached hydrogen (secondary N) is 2. The van der Waals surface area contributed by atoms with Crippen LogP contribution in [0.25, 0.3) is 100 Å². The minimum absolute atomic E-state index is 0.0960. The number of halogens is 3. The van der Waals surface area contributed by atoms with Gasteiger partial charge in [0.25, 0.3) is 11.8 Å². The van der Waals surface area contributed by atoms with Crippen molar-refractivity contribution < 1.29 is 70.2 Å². The average Bonchev–Trinajstić information content (AvgIpc) is 1.48. The van der Waals surface area contributed by atoms with Gasteiger partial charge in [-0.25, -0.2) is 42.5 Å². The van der Waals surface area contributed by atoms with Crippen molar-refractivity contribution in [2.24, 2.45) is 0 Å². The van der Waals surface area contributed by atoms with Crippen molar-refractivity contribution in [3.8, 4) is 56.3 Å². The van der Waals surface area contributed by atoms with Crippen LogP contribution in [0.1, 0.15) is 48.4 Å². The molecule has 0 atom stereocenters. The lowest BCUT2D eigenvalue weighted by atomic mass is 9.77. The zero-order chi connectivity index (χ0) is 74.8. The molecule has 3 aliphatic rings. The lowest BCUT2D eigenvalue weighted by Crippen LogP contribution is -2.41. The highest BCUT2D eigenvalue weighted by molar-refractivity contribution is 9.10. The zero-order valence-electron chi connectivity index (χ0n) is 58.3. The number of benzene rings is 8. The fraction of sp³-hybridized carbons (Fsp3) is 0.216. The number of hydrogen-bond acceptors (Lipinski definition) is 14. The summed E-state index contributed by atoms with van der Waals surface area (Å²) in [6.07, 6.45) is 4.58. The van der Waals surface area contributed by atoms with Gasteiger partial charge < -0.3 is 37.9 Å². The molecule has 0 bridgehead atoms. The van der Waals surface area contributed by atoms with Crippen LogP contribution in [0.15, 0.2) is 183 Å². The Hall–Kier alpha value is -9.82. The number of furan rings is 2. The molecule has 2 N–H and O–H groups in total. The third-order valence-electron chi connectivity index (χ3n) is 19.3. The van der Waals surface area contributed by atoms with Gasteiger partial charge in [0.1, 0.15) is 47.7 Å². The minimum atomic E-state index is -3.77. The molecule has 2 amide bonds. The Balaban J connectivity index is 0.000000148. The third kappa shape index (κ3) is 13.2. The number of sulfonamides is 4. The van der Waals surface area contributed by atoms with Gasteiger partial charge in [-0.2, -0.15) is 0 Å². The van der Waals surface area contributed by atoms with Crippen molar-refractivity contribution in [2.75, 3.05) is 70.4 Å². The standard InChI is InChI=1S/C34H29FN4O6S2.C24H28BFN2O6S.C16H13BrN2O2S/c1-36-34(40)32-26-17-24(29(37(2)46(3,41)42)18-31(26)45-33(32)20-9-12-23(35)13-10-20)21-11-14-28-25(15-21)30-16-22-7-5-6-8-27(22)38(30)19-39(28)47(4,43)44;1-23(2)24(3,4)34-25(33-23)17-12-16-19(13-18(17)28(6)35(7,30)31)32-21(20(16)22(29)27-5)14-8-10-15(26)11-9-14;1-22(20,21)19-10-18-14-5-3-2-4-11(14)8-16(18)13-9-12(17)6-7-15(13)19/h5-18H,19H2,1-4H3,(H,36,40);8-13H,1-7H3,(H,27,29);2-9H,10H2,1H3. The maximum absolute atomic E-state index is 13.8. The molecule has 15 rings (SSSR count). The molecule has 538 valence electrons. The van der Waals surface area contributed by atoms with E-state index >= 15 is 0 Å². The lowest BCUT2D eigenvalue weighted by Gasteiger charge is -2.32. The van der Waals surface area contributed by atoms with Crippen LogP contribution in [0, 0.1) is 11.6 Å². The van der Waals surface area contributed by atoms with Crippen molar-refractivity contribution in [3.05, 3.63) is 197 Å². The number of carbonyl (C=O) groups is 2. The molecule has 0 unspecified atom stereocenters. The number of nitrogens with zero attached hydrogens (tertiary/aromatic N) is 6. The Bertz CT molecular complexity index is 6010. The molecule has 0 radical (unpaired) electrons. The quantitative estimate of drug-likeness (QED) is 0.108. The van der Waals surface area contributed by atoms with Crippen LogP contribution in [0.2, 0.25) is 0 Å². The maximum Gasteiger partial charge on any atom is 0.497 e. The summed E-state index contributed by atoms with van der Waals surface area (Å²) in [6.45, 7) is 7.98. The zero-order valence-corrected chi connectivity index (χ0v) is 63.2. The molecule has 3 aliphatic heterocycles. The highest BCUT2D eigenvalue weighted by Crippen LogP contribution is 2.48. The predicted molar refractivity (Wildman–Crippen MR) is 408 cm³/mol. The molecule has 1 fully saturated rings. The van der Waals surface area contributed by atoms with Gasteiger partial charge in [-0.05, 0) is 149 Å². The molecule has 0 saturated carbocycles. The molecule has 7 heterocycles. The Morgan fingerprint density at radius 1 is 0.500 bits per heavy atom. The summed E-state index contributed by atoms with van der Waals surface area (Å²) in [5, 5.41) is 8.16. The molecular weight excluding hydrogens is 1480 g/mol. The number of anilines is 4. The second kappa shape index (κ2) is 26.4. The third-order valence-corrected chi connectivity index (χ3v) is 24.4. The smallest absolute Gasteiger partial charge is 0.455 e. The highest BCUT2D eigenvalue weighted by atomic mass is 79.9. The van der Waals surface area contributed by atoms with E-state index in [9.17, 15) is 52.0 Å². The number of carbonyl (C=O) groups excluding carboxylic acids is 2. The summed E-state index contributed by atoms with van der Waals surface area (Å²) in [6, 6.07) is 48.3. The number of para-hydroxylation sites is 2. The monoisotopic (exact) mass is 1550 g/mol. The van der Waals surface area contributed by atoms with E-state index < -0.39 is 81.9 Å². The molecule has 22 nitrogen and oxygen atoms in total. The SMILES string of the molecule is CNC(=O)c1c(-c2ccc(F)cc2)oc2cc(N(C)S(C)(=O)=O)c(-c3ccc4c(c3)-c3cc5ccccc5n3CN4S(C)(=O)=O)cc12.CNC(=O)c1c(-c2ccc(F)cc2)oc2cc(N(C)S(C)(=O)=O)c(B3OC(C)(C)C(C)(C)O3)cc12.CS(=O)(=O)N1Cn2c(cc3ccccc32)-c2cc(Br)ccc21. The molecule has 12 aromatic rings. The summed E-state index contributed by atoms with van der Waals surface area (Å²) in [7, 11) is -9.51. The molecule has 104 heavy (non-hydrogen) atoms. The van der Waals surface area contributed by atoms with Gasteiger partial charge in [-0.1, -0.05) is 58.4 Å². The van der Waals surface area contributed by atoms with Crippen LogP contribution in [-0.2, 0) is 62.7 Å². The van der Waals surface area contributed by atoms with Gasteiger partial charge in [0, 0.05) is 99.6 Å². The van der Waals surface area contributed by atoms with Gasteiger partial charge in [0.15, 0.2) is 0 Å². The van der Waals surface area contributed by atoms with Crippen LogP contribution in [0.3, 0.4) is 0 Å². The number of aromatic nitrogens is 2. The normalized spacial score (nSPS) is 14.6. The van der Waals surface area contributed by atoms with E-state index in [0.29, 0.717) is 62.1 Å². The number of fused-ring (bicyclic) bond motifs is 12. The fourth-order valence-corrected chi connectivity index (χ4v) is 16.1. The van der Waals surface area contributed by atoms with Crippen LogP contribution < -0.4 is 33.3 Å². The largest absolute Gasteiger partial charge is 0.497 e. The first kappa shape index (κ1) is 72.5. The number of rotatable bonds is 12. The van der Waals surface area contributed by atoms with E-state index in [1.165, 1.54) is 91.6 Å². The number of amides is 2. The average molecular weight is 1550 g/mol. The second-order valence-electron chi connectivity index (χ2n) is 26.5. The summed E-state index contributed by atoms with van der Waals surface area (Å²) in [4.78, 5) is 26.3.